The molecular formula is C39H32BrF4N5O3. The van der Waals surface area contributed by atoms with Gasteiger partial charge in [-0.05, 0) is 75.7 Å². The van der Waals surface area contributed by atoms with Gasteiger partial charge in [0.1, 0.15) is 29.0 Å². The zero-order valence-corrected chi connectivity index (χ0v) is 30.0. The largest absolute Gasteiger partial charge is 0.396 e. The Kier molecular flexibility index (Phi) is 9.82. The monoisotopic (exact) mass is 773 g/mol. The number of pyridine rings is 2. The number of hydrogen-bond donors (Lipinski definition) is 2. The molecule has 0 aliphatic rings. The van der Waals surface area contributed by atoms with Crippen LogP contribution in [0.4, 0.5) is 28.9 Å². The Morgan fingerprint density at radius 3 is 1.63 bits per heavy atom. The minimum absolute atomic E-state index is 0.0901. The van der Waals surface area contributed by atoms with Crippen LogP contribution in [0.2, 0.25) is 0 Å². The van der Waals surface area contributed by atoms with Gasteiger partial charge in [0.05, 0.1) is 41.2 Å². The van der Waals surface area contributed by atoms with E-state index >= 15 is 0 Å². The van der Waals surface area contributed by atoms with Crippen molar-refractivity contribution in [3.63, 3.8) is 0 Å². The van der Waals surface area contributed by atoms with E-state index in [2.05, 4.69) is 21.1 Å². The van der Waals surface area contributed by atoms with E-state index in [4.69, 9.17) is 16.0 Å². The predicted molar refractivity (Wildman–Crippen MR) is 198 cm³/mol. The molecule has 0 unspecified atom stereocenters. The van der Waals surface area contributed by atoms with E-state index in [1.165, 1.54) is 24.3 Å². The second-order valence-corrected chi connectivity index (χ2v) is 13.4. The molecule has 0 spiro atoms. The summed E-state index contributed by atoms with van der Waals surface area (Å²) < 4.78 is 64.5. The molecule has 0 radical (unpaired) electrons. The highest BCUT2D eigenvalue weighted by Crippen LogP contribution is 2.30. The minimum Gasteiger partial charge on any atom is -0.396 e. The van der Waals surface area contributed by atoms with Crippen molar-refractivity contribution in [3.05, 3.63) is 155 Å². The molecule has 52 heavy (non-hydrogen) atoms. The molecule has 3 heterocycles. The summed E-state index contributed by atoms with van der Waals surface area (Å²) in [4.78, 5) is 24.6. The first-order chi connectivity index (χ1) is 24.6. The first-order valence-electron chi connectivity index (χ1n) is 16.0. The van der Waals surface area contributed by atoms with Crippen molar-refractivity contribution in [3.8, 4) is 11.1 Å². The number of nitrogens with zero attached hydrogens (tertiary/aromatic N) is 3. The second-order valence-electron chi connectivity index (χ2n) is 12.5. The summed E-state index contributed by atoms with van der Waals surface area (Å²) in [5, 5.41) is 5.02. The average Bonchev–Trinajstić information content (AvgIpc) is 3.42. The van der Waals surface area contributed by atoms with Crippen LogP contribution >= 0.6 is 15.9 Å². The number of anilines is 2. The number of nitrogens with two attached hydrogens (primary N) is 2. The van der Waals surface area contributed by atoms with Crippen molar-refractivity contribution in [2.24, 2.45) is 0 Å². The number of nitrogen functional groups attached to an aromatic ring is 2. The Bertz CT molecular complexity index is 2650. The highest BCUT2D eigenvalue weighted by molar-refractivity contribution is 9.10. The van der Waals surface area contributed by atoms with E-state index in [1.807, 2.05) is 35.1 Å². The van der Waals surface area contributed by atoms with Crippen LogP contribution in [0.1, 0.15) is 34.0 Å². The van der Waals surface area contributed by atoms with Crippen molar-refractivity contribution in [1.29, 1.82) is 0 Å². The van der Waals surface area contributed by atoms with Crippen molar-refractivity contribution in [2.75, 3.05) is 11.5 Å². The molecule has 8 nitrogen and oxygen atoms in total. The van der Waals surface area contributed by atoms with Gasteiger partial charge in [-0.15, -0.1) is 0 Å². The van der Waals surface area contributed by atoms with Gasteiger partial charge >= 0.3 is 0 Å². The van der Waals surface area contributed by atoms with E-state index in [1.54, 1.807) is 38.1 Å². The summed E-state index contributed by atoms with van der Waals surface area (Å²) in [6, 6.07) is 17.7. The Labute approximate surface area is 303 Å². The van der Waals surface area contributed by atoms with Crippen molar-refractivity contribution < 1.29 is 22.1 Å². The van der Waals surface area contributed by atoms with Crippen LogP contribution in [0.3, 0.4) is 0 Å². The van der Waals surface area contributed by atoms with E-state index in [0.29, 0.717) is 50.1 Å². The van der Waals surface area contributed by atoms with Crippen LogP contribution in [0.15, 0.2) is 91.4 Å². The molecule has 0 fully saturated rings. The highest BCUT2D eigenvalue weighted by atomic mass is 79.9. The van der Waals surface area contributed by atoms with Gasteiger partial charge in [0, 0.05) is 67.6 Å². The van der Waals surface area contributed by atoms with Crippen LogP contribution < -0.4 is 22.3 Å². The van der Waals surface area contributed by atoms with E-state index < -0.39 is 23.3 Å². The summed E-state index contributed by atoms with van der Waals surface area (Å²) in [5.74, 6) is -2.31. The standard InChI is InChI=1S/C22H19F2N3O2.C17H13BrF2N2O/c1-11-6-20(28)17-5-4-14(21-12(2)26-29-13(21)3)8-19(17)27(11)10-15-7-16(23)9-18(24)22(15)25;1-9-4-16(23)13-3-2-11(18)6-15(13)22(9)8-10-5-12(19)7-14(20)17(10)21/h4-9H,10,25H2,1-3H3;2-7H,8,21H2,1H3. The fourth-order valence-corrected chi connectivity index (χ4v) is 6.67. The predicted octanol–water partition coefficient (Wildman–Crippen LogP) is 8.47. The van der Waals surface area contributed by atoms with Crippen LogP contribution in [0.5, 0.6) is 0 Å². The van der Waals surface area contributed by atoms with E-state index in [0.717, 1.165) is 33.4 Å². The number of benzene rings is 4. The second kappa shape index (κ2) is 14.1. The normalized spacial score (nSPS) is 11.2. The third kappa shape index (κ3) is 6.96. The quantitative estimate of drug-likeness (QED) is 0.134. The molecule has 0 amide bonds. The molecule has 4 N–H and O–H groups in total. The SMILES string of the molecule is Cc1cc(=O)c2ccc(Br)cc2n1Cc1cc(F)cc(F)c1N.Cc1noc(C)c1-c1ccc2c(=O)cc(C)n(Cc3cc(F)cc(F)c3N)c2c1. The zero-order valence-electron chi connectivity index (χ0n) is 28.5. The van der Waals surface area contributed by atoms with Gasteiger partial charge in [-0.25, -0.2) is 17.6 Å². The number of aromatic nitrogens is 3. The number of fused-ring (bicyclic) bond motifs is 2. The molecule has 13 heteroatoms. The lowest BCUT2D eigenvalue weighted by molar-refractivity contribution is 0.393. The maximum Gasteiger partial charge on any atom is 0.189 e. The van der Waals surface area contributed by atoms with Crippen LogP contribution in [0.25, 0.3) is 32.9 Å². The Hall–Kier alpha value is -5.69. The fourth-order valence-electron chi connectivity index (χ4n) is 6.32. The van der Waals surface area contributed by atoms with Gasteiger partial charge in [0.25, 0.3) is 0 Å². The van der Waals surface area contributed by atoms with Crippen molar-refractivity contribution in [1.82, 2.24) is 14.3 Å². The molecule has 7 aromatic rings. The van der Waals surface area contributed by atoms with Gasteiger partial charge in [0.2, 0.25) is 0 Å². The molecule has 0 bridgehead atoms. The number of halogens is 5. The van der Waals surface area contributed by atoms with Crippen molar-refractivity contribution >= 4 is 49.1 Å². The van der Waals surface area contributed by atoms with E-state index in [9.17, 15) is 27.2 Å². The number of hydrogen-bond acceptors (Lipinski definition) is 6. The lowest BCUT2D eigenvalue weighted by Crippen LogP contribution is -2.14. The van der Waals surface area contributed by atoms with Crippen LogP contribution in [-0.2, 0) is 13.1 Å². The lowest BCUT2D eigenvalue weighted by Gasteiger charge is -2.17. The lowest BCUT2D eigenvalue weighted by atomic mass is 10.0. The summed E-state index contributed by atoms with van der Waals surface area (Å²) >= 11 is 3.38. The maximum absolute atomic E-state index is 13.9. The summed E-state index contributed by atoms with van der Waals surface area (Å²) in [6.07, 6.45) is 0. The van der Waals surface area contributed by atoms with Crippen molar-refractivity contribution in [2.45, 2.75) is 40.8 Å². The van der Waals surface area contributed by atoms with E-state index in [-0.39, 0.29) is 35.3 Å². The highest BCUT2D eigenvalue weighted by Gasteiger charge is 2.17. The molecule has 3 aromatic heterocycles. The third-order valence-electron chi connectivity index (χ3n) is 8.94. The molecule has 0 atom stereocenters. The van der Waals surface area contributed by atoms with Gasteiger partial charge in [-0.2, -0.15) is 0 Å². The fraction of sp³-hybridized carbons (Fsp3) is 0.154. The van der Waals surface area contributed by atoms with Gasteiger partial charge in [-0.3, -0.25) is 9.59 Å². The van der Waals surface area contributed by atoms with Crippen LogP contribution in [-0.4, -0.2) is 14.3 Å². The molecule has 0 saturated heterocycles. The molecule has 266 valence electrons. The topological polar surface area (TPSA) is 122 Å². The summed E-state index contributed by atoms with van der Waals surface area (Å²) in [5.41, 5.74) is 16.8. The van der Waals surface area contributed by atoms with Gasteiger partial charge in [0.15, 0.2) is 10.9 Å². The third-order valence-corrected chi connectivity index (χ3v) is 9.43. The number of aryl methyl sites for hydroxylation is 4. The molecule has 0 aliphatic heterocycles. The summed E-state index contributed by atoms with van der Waals surface area (Å²) in [6.45, 7) is 7.49. The zero-order chi connectivity index (χ0) is 37.6. The summed E-state index contributed by atoms with van der Waals surface area (Å²) in [7, 11) is 0. The molecule has 0 aliphatic carbocycles. The minimum atomic E-state index is -0.806. The smallest absolute Gasteiger partial charge is 0.189 e. The first kappa shape index (κ1) is 36.1. The average molecular weight is 775 g/mol. The van der Waals surface area contributed by atoms with Crippen LogP contribution in [0, 0.1) is 51.0 Å². The first-order valence-corrected chi connectivity index (χ1v) is 16.8. The Balaban J connectivity index is 0.000000183. The van der Waals surface area contributed by atoms with Gasteiger partial charge < -0.3 is 25.1 Å². The maximum atomic E-state index is 13.9. The molecule has 7 rings (SSSR count). The Morgan fingerprint density at radius 1 is 0.673 bits per heavy atom. The van der Waals surface area contributed by atoms with Gasteiger partial charge in [-0.1, -0.05) is 27.2 Å². The molecule has 4 aromatic carbocycles. The molecule has 0 saturated carbocycles. The molecular weight excluding hydrogens is 742 g/mol. The number of rotatable bonds is 5. The Morgan fingerprint density at radius 2 is 1.15 bits per heavy atom.